The summed E-state index contributed by atoms with van der Waals surface area (Å²) >= 11 is 0.375. The van der Waals surface area contributed by atoms with E-state index in [0.717, 1.165) is 17.7 Å². The van der Waals surface area contributed by atoms with Crippen molar-refractivity contribution in [3.63, 3.8) is 0 Å². The van der Waals surface area contributed by atoms with E-state index in [0.29, 0.717) is 14.5 Å². The van der Waals surface area contributed by atoms with Crippen molar-refractivity contribution >= 4 is 24.3 Å². The van der Waals surface area contributed by atoms with Crippen molar-refractivity contribution in [1.29, 1.82) is 0 Å². The van der Waals surface area contributed by atoms with Crippen molar-refractivity contribution in [2.45, 2.75) is 6.42 Å². The third-order valence-corrected chi connectivity index (χ3v) is 5.00. The first kappa shape index (κ1) is 11.5. The van der Waals surface area contributed by atoms with Gasteiger partial charge in [0.1, 0.15) is 0 Å². The summed E-state index contributed by atoms with van der Waals surface area (Å²) < 4.78 is 7.93. The van der Waals surface area contributed by atoms with Gasteiger partial charge in [0.2, 0.25) is 0 Å². The molecule has 0 atom stereocenters. The SMILES string of the molecule is COc1cccc(Cc2nc3ccccc3[se]2)c1. The summed E-state index contributed by atoms with van der Waals surface area (Å²) in [7, 11) is 1.70. The molecule has 1 aromatic heterocycles. The number of aromatic nitrogens is 1. The van der Waals surface area contributed by atoms with Crippen LogP contribution in [0, 0.1) is 0 Å². The van der Waals surface area contributed by atoms with E-state index in [2.05, 4.69) is 30.3 Å². The van der Waals surface area contributed by atoms with Gasteiger partial charge < -0.3 is 0 Å². The van der Waals surface area contributed by atoms with E-state index >= 15 is 0 Å². The summed E-state index contributed by atoms with van der Waals surface area (Å²) in [6.07, 6.45) is 0.922. The van der Waals surface area contributed by atoms with Crippen LogP contribution < -0.4 is 4.74 Å². The van der Waals surface area contributed by atoms with Crippen LogP contribution in [0.25, 0.3) is 9.78 Å². The number of hydrogen-bond donors (Lipinski definition) is 0. The maximum atomic E-state index is 5.25. The third kappa shape index (κ3) is 2.33. The van der Waals surface area contributed by atoms with Crippen LogP contribution >= 0.6 is 0 Å². The molecule has 1 heterocycles. The molecule has 0 unspecified atom stereocenters. The summed E-state index contributed by atoms with van der Waals surface area (Å²) in [5.74, 6) is 0.913. The zero-order valence-electron chi connectivity index (χ0n) is 10.1. The molecule has 0 radical (unpaired) electrons. The summed E-state index contributed by atoms with van der Waals surface area (Å²) in [4.78, 5) is 4.71. The standard InChI is InChI=1S/C15H13NOSe/c1-17-12-6-4-5-11(9-12)10-15-16-13-7-2-3-8-14(13)18-15/h2-9H,10H2,1H3. The fourth-order valence-electron chi connectivity index (χ4n) is 1.95. The summed E-state index contributed by atoms with van der Waals surface area (Å²) in [5.41, 5.74) is 2.41. The van der Waals surface area contributed by atoms with Gasteiger partial charge in [-0.25, -0.2) is 0 Å². The fraction of sp³-hybridized carbons (Fsp3) is 0.133. The van der Waals surface area contributed by atoms with E-state index < -0.39 is 0 Å². The van der Waals surface area contributed by atoms with Crippen LogP contribution in [0.1, 0.15) is 10.1 Å². The Balaban J connectivity index is 1.91. The van der Waals surface area contributed by atoms with Crippen molar-refractivity contribution < 1.29 is 4.74 Å². The van der Waals surface area contributed by atoms with Gasteiger partial charge in [0, 0.05) is 0 Å². The minimum absolute atomic E-state index is 0.375. The molecule has 0 aliphatic carbocycles. The Hall–Kier alpha value is -1.57. The van der Waals surface area contributed by atoms with Gasteiger partial charge in [-0.15, -0.1) is 0 Å². The molecule has 3 rings (SSSR count). The summed E-state index contributed by atoms with van der Waals surface area (Å²) in [6, 6.07) is 16.6. The van der Waals surface area contributed by atoms with Crippen LogP contribution in [0.5, 0.6) is 5.75 Å². The molecule has 0 saturated heterocycles. The number of fused-ring (bicyclic) bond motifs is 1. The number of para-hydroxylation sites is 1. The van der Waals surface area contributed by atoms with Crippen molar-refractivity contribution in [3.05, 3.63) is 58.7 Å². The van der Waals surface area contributed by atoms with E-state index in [1.54, 1.807) is 7.11 Å². The van der Waals surface area contributed by atoms with Crippen LogP contribution in [0.2, 0.25) is 0 Å². The van der Waals surface area contributed by atoms with Gasteiger partial charge in [-0.3, -0.25) is 0 Å². The average molecular weight is 302 g/mol. The molecule has 90 valence electrons. The Morgan fingerprint density at radius 1 is 1.11 bits per heavy atom. The van der Waals surface area contributed by atoms with E-state index in [1.165, 1.54) is 14.4 Å². The minimum atomic E-state index is 0.375. The number of rotatable bonds is 3. The molecule has 0 amide bonds. The maximum absolute atomic E-state index is 5.25. The Bertz CT molecular complexity index is 642. The molecular formula is C15H13NOSe. The van der Waals surface area contributed by atoms with E-state index in [-0.39, 0.29) is 0 Å². The van der Waals surface area contributed by atoms with Crippen LogP contribution in [0.3, 0.4) is 0 Å². The molecule has 18 heavy (non-hydrogen) atoms. The molecule has 3 aromatic rings. The predicted molar refractivity (Wildman–Crippen MR) is 74.5 cm³/mol. The van der Waals surface area contributed by atoms with Gasteiger partial charge in [0.15, 0.2) is 0 Å². The molecule has 0 spiro atoms. The molecule has 0 aliphatic rings. The Kier molecular flexibility index (Phi) is 3.18. The monoisotopic (exact) mass is 303 g/mol. The number of ether oxygens (including phenoxy) is 1. The third-order valence-electron chi connectivity index (χ3n) is 2.83. The van der Waals surface area contributed by atoms with Gasteiger partial charge in [-0.05, 0) is 0 Å². The second kappa shape index (κ2) is 4.97. The average Bonchev–Trinajstić information content (AvgIpc) is 2.81. The molecule has 3 heteroatoms. The first-order valence-corrected chi connectivity index (χ1v) is 7.54. The molecule has 0 aliphatic heterocycles. The number of methoxy groups -OCH3 is 1. The van der Waals surface area contributed by atoms with Crippen molar-refractivity contribution in [2.24, 2.45) is 0 Å². The first-order valence-electron chi connectivity index (χ1n) is 5.82. The molecule has 2 aromatic carbocycles. The fourth-order valence-corrected chi connectivity index (χ4v) is 4.05. The number of hydrogen-bond acceptors (Lipinski definition) is 2. The second-order valence-corrected chi connectivity index (χ2v) is 6.44. The van der Waals surface area contributed by atoms with Gasteiger partial charge in [0.05, 0.1) is 0 Å². The van der Waals surface area contributed by atoms with Crippen LogP contribution in [-0.2, 0) is 6.42 Å². The number of nitrogens with zero attached hydrogens (tertiary/aromatic N) is 1. The molecule has 0 N–H and O–H groups in total. The van der Waals surface area contributed by atoms with Gasteiger partial charge in [-0.1, -0.05) is 0 Å². The van der Waals surface area contributed by atoms with Crippen molar-refractivity contribution in [1.82, 2.24) is 4.98 Å². The number of benzene rings is 2. The molecular weight excluding hydrogens is 289 g/mol. The summed E-state index contributed by atoms with van der Waals surface area (Å²) in [6.45, 7) is 0. The zero-order chi connectivity index (χ0) is 12.4. The van der Waals surface area contributed by atoms with Gasteiger partial charge >= 0.3 is 112 Å². The van der Waals surface area contributed by atoms with Crippen molar-refractivity contribution in [3.8, 4) is 5.75 Å². The zero-order valence-corrected chi connectivity index (χ0v) is 11.8. The van der Waals surface area contributed by atoms with Gasteiger partial charge in [-0.2, -0.15) is 0 Å². The van der Waals surface area contributed by atoms with Crippen LogP contribution in [0.15, 0.2) is 48.5 Å². The second-order valence-electron chi connectivity index (χ2n) is 4.10. The van der Waals surface area contributed by atoms with E-state index in [9.17, 15) is 0 Å². The van der Waals surface area contributed by atoms with Crippen molar-refractivity contribution in [2.75, 3.05) is 7.11 Å². The van der Waals surface area contributed by atoms with E-state index in [1.807, 2.05) is 18.2 Å². The summed E-state index contributed by atoms with van der Waals surface area (Å²) in [5, 5.41) is 0. The molecule has 0 bridgehead atoms. The topological polar surface area (TPSA) is 22.1 Å². The Labute approximate surface area is 112 Å². The predicted octanol–water partition coefficient (Wildman–Crippen LogP) is 2.89. The molecule has 0 saturated carbocycles. The van der Waals surface area contributed by atoms with Crippen LogP contribution in [0.4, 0.5) is 0 Å². The Morgan fingerprint density at radius 2 is 2.00 bits per heavy atom. The van der Waals surface area contributed by atoms with Crippen LogP contribution in [-0.4, -0.2) is 26.6 Å². The van der Waals surface area contributed by atoms with Gasteiger partial charge in [0.25, 0.3) is 0 Å². The Morgan fingerprint density at radius 3 is 2.83 bits per heavy atom. The quantitative estimate of drug-likeness (QED) is 0.694. The molecule has 0 fully saturated rings. The first-order chi connectivity index (χ1) is 8.85. The molecule has 2 nitrogen and oxygen atoms in total. The van der Waals surface area contributed by atoms with E-state index in [4.69, 9.17) is 9.72 Å². The normalized spacial score (nSPS) is 10.7.